The molecule has 3 rings (SSSR count). The van der Waals surface area contributed by atoms with Gasteiger partial charge in [0.1, 0.15) is 0 Å². The number of benzene rings is 1. The molecule has 2 bridgehead atoms. The number of nitrogens with zero attached hydrogens (tertiary/aromatic N) is 1. The van der Waals surface area contributed by atoms with Gasteiger partial charge in [-0.15, -0.1) is 0 Å². The first-order valence-electron chi connectivity index (χ1n) is 8.10. The molecule has 0 aromatic heterocycles. The van der Waals surface area contributed by atoms with Crippen molar-refractivity contribution in [3.8, 4) is 0 Å². The predicted molar refractivity (Wildman–Crippen MR) is 106 cm³/mol. The lowest BCUT2D eigenvalue weighted by Crippen LogP contribution is -2.50. The Hall–Kier alpha value is -0.300. The molecule has 0 amide bonds. The lowest BCUT2D eigenvalue weighted by molar-refractivity contribution is -0.150. The summed E-state index contributed by atoms with van der Waals surface area (Å²) in [6.45, 7) is 0.889. The van der Waals surface area contributed by atoms with Crippen LogP contribution in [-0.2, 0) is 9.53 Å². The molecule has 0 saturated carbocycles. The van der Waals surface area contributed by atoms with Crippen LogP contribution in [-0.4, -0.2) is 36.6 Å². The van der Waals surface area contributed by atoms with Crippen LogP contribution < -0.4 is 0 Å². The van der Waals surface area contributed by atoms with Gasteiger partial charge in [0, 0.05) is 24.5 Å². The number of methoxy groups -OCH3 is 1. The molecule has 6 heteroatoms. The summed E-state index contributed by atoms with van der Waals surface area (Å²) in [5.41, 5.74) is 1.08. The molecular weight excluding hydrogens is 458 g/mol. The predicted octanol–water partition coefficient (Wildman–Crippen LogP) is 5.05. The fourth-order valence-corrected chi connectivity index (χ4v) is 4.84. The van der Waals surface area contributed by atoms with Gasteiger partial charge in [0.2, 0.25) is 0 Å². The third-order valence-electron chi connectivity index (χ3n) is 5.32. The standard InChI is InChI=1S/C18H20Cl2INO2/c1-24-18(23)17-13(11-3-5-14(19)15(20)9-11)10-12-4-6-16(17)22(12)8-2-7-21/h2-3,5,7,9,12-13,16-17H,4,6,8,10H2,1H3/b7-2+/t12-,13+,16+,17-/m0/s1/i21-2. The molecule has 2 fully saturated rings. The average molecular weight is 478 g/mol. The Morgan fingerprint density at radius 2 is 2.17 bits per heavy atom. The van der Waals surface area contributed by atoms with Gasteiger partial charge < -0.3 is 4.74 Å². The van der Waals surface area contributed by atoms with E-state index in [0.717, 1.165) is 31.4 Å². The van der Waals surface area contributed by atoms with Crippen LogP contribution in [0.4, 0.5) is 0 Å². The molecule has 2 saturated heterocycles. The van der Waals surface area contributed by atoms with Crippen molar-refractivity contribution in [1.82, 2.24) is 4.90 Å². The zero-order chi connectivity index (χ0) is 17.3. The van der Waals surface area contributed by atoms with E-state index in [4.69, 9.17) is 27.9 Å². The SMILES string of the molecule is COC(=O)[C@H]1[C@@H](c2ccc(Cl)c(Cl)c2)C[C@@H]2CC[C@H]1N2C/C=C/[125I]. The molecular formula is C18H20Cl2INO2. The van der Waals surface area contributed by atoms with Crippen LogP contribution in [0.2, 0.25) is 10.0 Å². The number of halogens is 3. The number of carbonyl (C=O) groups excluding carboxylic acids is 1. The summed E-state index contributed by atoms with van der Waals surface area (Å²) < 4.78 is 7.19. The number of ether oxygens (including phenoxy) is 1. The fraction of sp³-hybridized carbons (Fsp3) is 0.500. The lowest BCUT2D eigenvalue weighted by atomic mass is 9.76. The first kappa shape index (κ1) is 18.5. The van der Waals surface area contributed by atoms with E-state index in [-0.39, 0.29) is 23.8 Å². The maximum absolute atomic E-state index is 12.6. The lowest BCUT2D eigenvalue weighted by Gasteiger charge is -2.43. The molecule has 2 aliphatic rings. The molecule has 0 aliphatic carbocycles. The molecule has 1 aromatic carbocycles. The van der Waals surface area contributed by atoms with E-state index in [9.17, 15) is 4.79 Å². The van der Waals surface area contributed by atoms with Crippen molar-refractivity contribution < 1.29 is 9.53 Å². The van der Waals surface area contributed by atoms with E-state index in [1.54, 1.807) is 0 Å². The van der Waals surface area contributed by atoms with E-state index in [1.807, 2.05) is 22.3 Å². The molecule has 0 spiro atoms. The van der Waals surface area contributed by atoms with Crippen molar-refractivity contribution in [2.45, 2.75) is 37.3 Å². The number of carbonyl (C=O) groups is 1. The molecule has 4 atom stereocenters. The third-order valence-corrected chi connectivity index (χ3v) is 6.56. The summed E-state index contributed by atoms with van der Waals surface area (Å²) in [6, 6.07) is 6.45. The Balaban J connectivity index is 1.94. The molecule has 24 heavy (non-hydrogen) atoms. The van der Waals surface area contributed by atoms with E-state index in [1.165, 1.54) is 7.11 Å². The van der Waals surface area contributed by atoms with Crippen LogP contribution in [0.3, 0.4) is 0 Å². The molecule has 1 aromatic rings. The molecule has 0 unspecified atom stereocenters. The zero-order valence-electron chi connectivity index (χ0n) is 13.4. The van der Waals surface area contributed by atoms with Crippen LogP contribution in [0, 0.1) is 5.92 Å². The summed E-state index contributed by atoms with van der Waals surface area (Å²) in [6.07, 6.45) is 5.27. The van der Waals surface area contributed by atoms with E-state index >= 15 is 0 Å². The number of esters is 1. The Morgan fingerprint density at radius 1 is 1.38 bits per heavy atom. The van der Waals surface area contributed by atoms with Gasteiger partial charge in [-0.1, -0.05) is 57.9 Å². The topological polar surface area (TPSA) is 29.5 Å². The maximum atomic E-state index is 12.6. The highest BCUT2D eigenvalue weighted by Crippen LogP contribution is 2.48. The second kappa shape index (κ2) is 7.94. The molecule has 3 nitrogen and oxygen atoms in total. The number of rotatable bonds is 4. The van der Waals surface area contributed by atoms with Crippen LogP contribution in [0.25, 0.3) is 0 Å². The molecule has 2 aliphatic heterocycles. The zero-order valence-corrected chi connectivity index (χ0v) is 17.1. The largest absolute Gasteiger partial charge is 0.469 e. The number of hydrogen-bond acceptors (Lipinski definition) is 3. The minimum atomic E-state index is -0.159. The van der Waals surface area contributed by atoms with Crippen molar-refractivity contribution in [1.29, 1.82) is 0 Å². The van der Waals surface area contributed by atoms with Gasteiger partial charge in [0.15, 0.2) is 0 Å². The van der Waals surface area contributed by atoms with E-state index in [2.05, 4.69) is 33.6 Å². The smallest absolute Gasteiger partial charge is 0.310 e. The second-order valence-corrected chi connectivity index (χ2v) is 7.96. The minimum Gasteiger partial charge on any atom is -0.469 e. The van der Waals surface area contributed by atoms with Gasteiger partial charge in [-0.3, -0.25) is 9.69 Å². The summed E-state index contributed by atoms with van der Waals surface area (Å²) in [4.78, 5) is 15.0. The highest BCUT2D eigenvalue weighted by atomic mass is 125. The number of piperidine rings is 1. The van der Waals surface area contributed by atoms with Gasteiger partial charge >= 0.3 is 5.97 Å². The van der Waals surface area contributed by atoms with Crippen molar-refractivity contribution in [2.24, 2.45) is 5.92 Å². The first-order chi connectivity index (χ1) is 11.6. The van der Waals surface area contributed by atoms with Gasteiger partial charge in [0.25, 0.3) is 0 Å². The van der Waals surface area contributed by atoms with Gasteiger partial charge in [0.05, 0.1) is 23.1 Å². The highest BCUT2D eigenvalue weighted by molar-refractivity contribution is 14.1. The monoisotopic (exact) mass is 477 g/mol. The van der Waals surface area contributed by atoms with Crippen LogP contribution in [0.15, 0.2) is 28.4 Å². The Labute approximate surface area is 166 Å². The third kappa shape index (κ3) is 3.48. The van der Waals surface area contributed by atoms with E-state index in [0.29, 0.717) is 16.1 Å². The Morgan fingerprint density at radius 3 is 2.83 bits per heavy atom. The normalized spacial score (nSPS) is 30.0. The van der Waals surface area contributed by atoms with Crippen molar-refractivity contribution in [2.75, 3.05) is 13.7 Å². The fourth-order valence-electron chi connectivity index (χ4n) is 4.30. The average Bonchev–Trinajstić information content (AvgIpc) is 2.86. The summed E-state index contributed by atoms with van der Waals surface area (Å²) in [5.74, 6) is -0.155. The highest BCUT2D eigenvalue weighted by Gasteiger charge is 2.50. The number of fused-ring (bicyclic) bond motifs is 2. The molecule has 0 N–H and O–H groups in total. The second-order valence-electron chi connectivity index (χ2n) is 6.42. The first-order valence-corrected chi connectivity index (χ1v) is 10.1. The van der Waals surface area contributed by atoms with E-state index < -0.39 is 0 Å². The number of hydrogen-bond donors (Lipinski definition) is 0. The van der Waals surface area contributed by atoms with Crippen molar-refractivity contribution >= 4 is 51.8 Å². The summed E-state index contributed by atoms with van der Waals surface area (Å²) in [7, 11) is 1.48. The quantitative estimate of drug-likeness (QED) is 0.448. The maximum Gasteiger partial charge on any atom is 0.310 e. The molecule has 0 radical (unpaired) electrons. The minimum absolute atomic E-state index is 0.125. The van der Waals surface area contributed by atoms with Crippen molar-refractivity contribution in [3.63, 3.8) is 0 Å². The molecule has 2 heterocycles. The Kier molecular flexibility index (Phi) is 6.11. The van der Waals surface area contributed by atoms with Gasteiger partial charge in [-0.2, -0.15) is 0 Å². The van der Waals surface area contributed by atoms with Gasteiger partial charge in [-0.05, 0) is 41.0 Å². The summed E-state index contributed by atoms with van der Waals surface area (Å²) in [5, 5.41) is 1.09. The Bertz CT molecular complexity index is 652. The van der Waals surface area contributed by atoms with Crippen LogP contribution in [0.1, 0.15) is 30.7 Å². The van der Waals surface area contributed by atoms with Gasteiger partial charge in [-0.25, -0.2) is 0 Å². The van der Waals surface area contributed by atoms with Crippen LogP contribution in [0.5, 0.6) is 0 Å². The summed E-state index contributed by atoms with van der Waals surface area (Å²) >= 11 is 14.5. The molecule has 130 valence electrons. The van der Waals surface area contributed by atoms with Crippen LogP contribution >= 0.6 is 45.8 Å². The van der Waals surface area contributed by atoms with Crippen molar-refractivity contribution in [3.05, 3.63) is 44.0 Å².